The fraction of sp³-hybridized carbons (Fsp3) is 0.462. The summed E-state index contributed by atoms with van der Waals surface area (Å²) < 4.78 is 0. The van der Waals surface area contributed by atoms with Gasteiger partial charge in [0.05, 0.1) is 29.7 Å². The summed E-state index contributed by atoms with van der Waals surface area (Å²) in [5, 5.41) is 2.73. The second kappa shape index (κ2) is 6.17. The maximum Gasteiger partial charge on any atom is 0.255 e. The normalized spacial score (nSPS) is 10.4. The van der Waals surface area contributed by atoms with Crippen molar-refractivity contribution in [1.82, 2.24) is 15.2 Å². The fourth-order valence-electron chi connectivity index (χ4n) is 1.63. The predicted octanol–water partition coefficient (Wildman–Crippen LogP) is 0.569. The predicted molar refractivity (Wildman–Crippen MR) is 73.6 cm³/mol. The van der Waals surface area contributed by atoms with Crippen molar-refractivity contribution in [2.45, 2.75) is 26.8 Å². The van der Waals surface area contributed by atoms with Gasteiger partial charge in [-0.15, -0.1) is 0 Å². The Morgan fingerprint density at radius 1 is 1.47 bits per heavy atom. The van der Waals surface area contributed by atoms with E-state index < -0.39 is 0 Å². The molecule has 0 bridgehead atoms. The monoisotopic (exact) mass is 264 g/mol. The van der Waals surface area contributed by atoms with E-state index >= 15 is 0 Å². The number of aryl methyl sites for hydroxylation is 1. The number of nitrogens with one attached hydrogen (secondary N) is 1. The maximum atomic E-state index is 12.2. The second-order valence-corrected chi connectivity index (χ2v) is 4.79. The van der Waals surface area contributed by atoms with Gasteiger partial charge in [0.15, 0.2) is 0 Å². The third kappa shape index (κ3) is 4.24. The zero-order chi connectivity index (χ0) is 14.6. The van der Waals surface area contributed by atoms with Crippen LogP contribution in [-0.2, 0) is 4.79 Å². The Morgan fingerprint density at radius 2 is 2.11 bits per heavy atom. The molecule has 0 aromatic carbocycles. The molecule has 1 heterocycles. The molecular weight excluding hydrogens is 244 g/mol. The average Bonchev–Trinajstić information content (AvgIpc) is 2.30. The van der Waals surface area contributed by atoms with Crippen LogP contribution in [0.4, 0.5) is 5.69 Å². The number of pyridine rings is 1. The molecule has 0 radical (unpaired) electrons. The topological polar surface area (TPSA) is 88.3 Å². The second-order valence-electron chi connectivity index (χ2n) is 4.79. The van der Waals surface area contributed by atoms with Crippen molar-refractivity contribution >= 4 is 17.5 Å². The lowest BCUT2D eigenvalue weighted by molar-refractivity contribution is -0.122. The zero-order valence-corrected chi connectivity index (χ0v) is 11.7. The first-order valence-corrected chi connectivity index (χ1v) is 6.08. The van der Waals surface area contributed by atoms with Crippen molar-refractivity contribution in [3.05, 3.63) is 23.5 Å². The minimum absolute atomic E-state index is 0.00521. The van der Waals surface area contributed by atoms with Gasteiger partial charge in [-0.05, 0) is 26.8 Å². The van der Waals surface area contributed by atoms with Gasteiger partial charge < -0.3 is 16.0 Å². The summed E-state index contributed by atoms with van der Waals surface area (Å²) in [5.41, 5.74) is 7.05. The molecule has 3 N–H and O–H groups in total. The number of hydrogen-bond acceptors (Lipinski definition) is 4. The molecule has 0 spiro atoms. The number of likely N-dealkylation sites (N-methyl/N-ethyl adjacent to an activating group) is 1. The summed E-state index contributed by atoms with van der Waals surface area (Å²) in [6.07, 6.45) is 1.50. The van der Waals surface area contributed by atoms with Gasteiger partial charge >= 0.3 is 0 Å². The fourth-order valence-corrected chi connectivity index (χ4v) is 1.63. The van der Waals surface area contributed by atoms with Gasteiger partial charge in [-0.1, -0.05) is 0 Å². The number of hydrogen-bond donors (Lipinski definition) is 2. The first-order valence-electron chi connectivity index (χ1n) is 6.08. The highest BCUT2D eigenvalue weighted by Crippen LogP contribution is 2.11. The molecule has 0 fully saturated rings. The molecule has 1 rings (SSSR count). The standard InChI is InChI=1S/C13H20N4O2/c1-8(2)16-12(18)7-17(4)13(19)11-5-10(14)6-15-9(11)3/h5-6,8H,7,14H2,1-4H3,(H,16,18). The summed E-state index contributed by atoms with van der Waals surface area (Å²) >= 11 is 0. The van der Waals surface area contributed by atoms with Crippen molar-refractivity contribution in [3.8, 4) is 0 Å². The Hall–Kier alpha value is -2.11. The molecular formula is C13H20N4O2. The van der Waals surface area contributed by atoms with Crippen molar-refractivity contribution in [3.63, 3.8) is 0 Å². The van der Waals surface area contributed by atoms with E-state index in [2.05, 4.69) is 10.3 Å². The molecule has 0 saturated heterocycles. The van der Waals surface area contributed by atoms with Crippen molar-refractivity contribution in [2.24, 2.45) is 0 Å². The van der Waals surface area contributed by atoms with Crippen LogP contribution in [0.25, 0.3) is 0 Å². The van der Waals surface area contributed by atoms with Crippen LogP contribution >= 0.6 is 0 Å². The molecule has 19 heavy (non-hydrogen) atoms. The van der Waals surface area contributed by atoms with Gasteiger partial charge in [-0.2, -0.15) is 0 Å². The molecule has 6 nitrogen and oxygen atoms in total. The van der Waals surface area contributed by atoms with Crippen LogP contribution in [0.2, 0.25) is 0 Å². The van der Waals surface area contributed by atoms with E-state index in [0.29, 0.717) is 16.9 Å². The SMILES string of the molecule is Cc1ncc(N)cc1C(=O)N(C)CC(=O)NC(C)C. The minimum atomic E-state index is -0.267. The number of anilines is 1. The number of nitrogens with two attached hydrogens (primary N) is 1. The summed E-state index contributed by atoms with van der Waals surface area (Å²) in [6.45, 7) is 5.47. The molecule has 6 heteroatoms. The lowest BCUT2D eigenvalue weighted by Gasteiger charge is -2.18. The summed E-state index contributed by atoms with van der Waals surface area (Å²) in [7, 11) is 1.57. The van der Waals surface area contributed by atoms with E-state index in [1.165, 1.54) is 11.1 Å². The number of carbonyl (C=O) groups excluding carboxylic acids is 2. The van der Waals surface area contributed by atoms with Crippen LogP contribution < -0.4 is 11.1 Å². The number of aromatic nitrogens is 1. The number of carbonyl (C=O) groups is 2. The number of amides is 2. The van der Waals surface area contributed by atoms with E-state index in [-0.39, 0.29) is 24.4 Å². The molecule has 0 aliphatic rings. The van der Waals surface area contributed by atoms with Crippen LogP contribution in [0.5, 0.6) is 0 Å². The van der Waals surface area contributed by atoms with Gasteiger partial charge in [-0.25, -0.2) is 0 Å². The molecule has 1 aromatic heterocycles. The van der Waals surface area contributed by atoms with Gasteiger partial charge in [0, 0.05) is 13.1 Å². The third-order valence-corrected chi connectivity index (χ3v) is 2.52. The molecule has 0 aliphatic heterocycles. The maximum absolute atomic E-state index is 12.2. The van der Waals surface area contributed by atoms with Crippen molar-refractivity contribution in [1.29, 1.82) is 0 Å². The summed E-state index contributed by atoms with van der Waals surface area (Å²) in [4.78, 5) is 29.2. The average molecular weight is 264 g/mol. The number of nitrogens with zero attached hydrogens (tertiary/aromatic N) is 2. The highest BCUT2D eigenvalue weighted by molar-refractivity contribution is 5.97. The highest BCUT2D eigenvalue weighted by Gasteiger charge is 2.17. The Morgan fingerprint density at radius 3 is 2.68 bits per heavy atom. The Balaban J connectivity index is 2.77. The van der Waals surface area contributed by atoms with Crippen LogP contribution in [-0.4, -0.2) is 41.3 Å². The molecule has 0 atom stereocenters. The third-order valence-electron chi connectivity index (χ3n) is 2.52. The Labute approximate surface area is 113 Å². The molecule has 0 saturated carbocycles. The zero-order valence-electron chi connectivity index (χ0n) is 11.7. The number of nitrogen functional groups attached to an aromatic ring is 1. The first-order chi connectivity index (χ1) is 8.81. The lowest BCUT2D eigenvalue weighted by atomic mass is 10.1. The van der Waals surface area contributed by atoms with Crippen LogP contribution in [0.3, 0.4) is 0 Å². The van der Waals surface area contributed by atoms with Crippen LogP contribution in [0.1, 0.15) is 29.9 Å². The van der Waals surface area contributed by atoms with E-state index in [9.17, 15) is 9.59 Å². The molecule has 0 unspecified atom stereocenters. The van der Waals surface area contributed by atoms with Crippen LogP contribution in [0, 0.1) is 6.92 Å². The lowest BCUT2D eigenvalue weighted by Crippen LogP contribution is -2.41. The van der Waals surface area contributed by atoms with E-state index in [1.54, 1.807) is 20.0 Å². The molecule has 2 amide bonds. The Kier molecular flexibility index (Phi) is 4.86. The molecule has 0 aliphatic carbocycles. The summed E-state index contributed by atoms with van der Waals surface area (Å²) in [5.74, 6) is -0.462. The van der Waals surface area contributed by atoms with Crippen molar-refractivity contribution in [2.75, 3.05) is 19.3 Å². The molecule has 104 valence electrons. The van der Waals surface area contributed by atoms with E-state index in [1.807, 2.05) is 13.8 Å². The smallest absolute Gasteiger partial charge is 0.255 e. The molecule has 1 aromatic rings. The van der Waals surface area contributed by atoms with Gasteiger partial charge in [0.2, 0.25) is 5.91 Å². The van der Waals surface area contributed by atoms with E-state index in [0.717, 1.165) is 0 Å². The minimum Gasteiger partial charge on any atom is -0.397 e. The quantitative estimate of drug-likeness (QED) is 0.832. The highest BCUT2D eigenvalue weighted by atomic mass is 16.2. The summed E-state index contributed by atoms with van der Waals surface area (Å²) in [6, 6.07) is 1.62. The van der Waals surface area contributed by atoms with Gasteiger partial charge in [-0.3, -0.25) is 14.6 Å². The van der Waals surface area contributed by atoms with Gasteiger partial charge in [0.25, 0.3) is 5.91 Å². The largest absolute Gasteiger partial charge is 0.397 e. The van der Waals surface area contributed by atoms with Crippen molar-refractivity contribution < 1.29 is 9.59 Å². The van der Waals surface area contributed by atoms with Gasteiger partial charge in [0.1, 0.15) is 0 Å². The van der Waals surface area contributed by atoms with E-state index in [4.69, 9.17) is 5.73 Å². The van der Waals surface area contributed by atoms with Crippen LogP contribution in [0.15, 0.2) is 12.3 Å². The first kappa shape index (κ1) is 14.9. The Bertz CT molecular complexity index is 486. The number of rotatable bonds is 4.